The highest BCUT2D eigenvalue weighted by Gasteiger charge is 2.35. The van der Waals surface area contributed by atoms with Gasteiger partial charge in [-0.15, -0.1) is 0 Å². The molecule has 1 fully saturated rings. The molecule has 6 nitrogen and oxygen atoms in total. The molecule has 3 heterocycles. The lowest BCUT2D eigenvalue weighted by molar-refractivity contribution is -0.141. The van der Waals surface area contributed by atoms with Crippen LogP contribution in [0.5, 0.6) is 0 Å². The third-order valence-corrected chi connectivity index (χ3v) is 4.16. The predicted octanol–water partition coefficient (Wildman–Crippen LogP) is 2.34. The number of nitrogens with one attached hydrogen (secondary N) is 1. The fraction of sp³-hybridized carbons (Fsp3) is 0.533. The number of hydrogen-bond donors (Lipinski definition) is 1. The van der Waals surface area contributed by atoms with Crippen molar-refractivity contribution in [1.29, 1.82) is 0 Å². The largest absolute Gasteiger partial charge is 0.435 e. The van der Waals surface area contributed by atoms with E-state index in [-0.39, 0.29) is 18.4 Å². The number of amides is 1. The van der Waals surface area contributed by atoms with Gasteiger partial charge in [0.1, 0.15) is 6.54 Å². The van der Waals surface area contributed by atoms with Crippen LogP contribution in [-0.4, -0.2) is 43.9 Å². The van der Waals surface area contributed by atoms with Crippen LogP contribution in [0.2, 0.25) is 0 Å². The summed E-state index contributed by atoms with van der Waals surface area (Å²) in [4.78, 5) is 14.1. The van der Waals surface area contributed by atoms with Crippen LogP contribution in [0.15, 0.2) is 18.5 Å². The van der Waals surface area contributed by atoms with Crippen LogP contribution < -0.4 is 0 Å². The topological polar surface area (TPSA) is 66.8 Å². The highest BCUT2D eigenvalue weighted by Crippen LogP contribution is 2.32. The molecule has 9 heteroatoms. The summed E-state index contributed by atoms with van der Waals surface area (Å²) in [6, 6.07) is 1.04. The minimum atomic E-state index is -4.46. The third-order valence-electron chi connectivity index (χ3n) is 4.16. The fourth-order valence-electron chi connectivity index (χ4n) is 2.94. The first-order valence-corrected chi connectivity index (χ1v) is 7.72. The van der Waals surface area contributed by atoms with Gasteiger partial charge in [-0.1, -0.05) is 0 Å². The first kappa shape index (κ1) is 16.5. The van der Waals surface area contributed by atoms with Gasteiger partial charge in [0.05, 0.1) is 6.20 Å². The van der Waals surface area contributed by atoms with E-state index in [1.165, 1.54) is 0 Å². The van der Waals surface area contributed by atoms with Gasteiger partial charge in [0.25, 0.3) is 0 Å². The Bertz CT molecular complexity index is 721. The highest BCUT2D eigenvalue weighted by atomic mass is 19.4. The Hall–Kier alpha value is -2.32. The molecule has 1 amide bonds. The summed E-state index contributed by atoms with van der Waals surface area (Å²) in [7, 11) is 0. The molecule has 0 spiro atoms. The van der Waals surface area contributed by atoms with Crippen molar-refractivity contribution in [3.63, 3.8) is 0 Å². The van der Waals surface area contributed by atoms with E-state index in [2.05, 4.69) is 15.3 Å². The molecule has 1 saturated heterocycles. The highest BCUT2D eigenvalue weighted by molar-refractivity contribution is 5.76. The molecular weight excluding hydrogens is 323 g/mol. The summed E-state index contributed by atoms with van der Waals surface area (Å²) in [5.41, 5.74) is 0.471. The van der Waals surface area contributed by atoms with E-state index in [9.17, 15) is 18.0 Å². The second-order valence-electron chi connectivity index (χ2n) is 6.10. The third kappa shape index (κ3) is 3.60. The first-order chi connectivity index (χ1) is 11.3. The van der Waals surface area contributed by atoms with Gasteiger partial charge in [0, 0.05) is 30.9 Å². The standard InChI is InChI=1S/C15H18F3N5O/c1-10-6-19-23(7-10)9-14(24)22-4-2-3-11(8-22)12-5-13(21-20-12)15(16,17)18/h5-7,11H,2-4,8-9H2,1H3,(H,20,21). The summed E-state index contributed by atoms with van der Waals surface area (Å²) in [6.45, 7) is 3.02. The number of carbonyl (C=O) groups is 1. The quantitative estimate of drug-likeness (QED) is 0.932. The van der Waals surface area contributed by atoms with E-state index in [0.29, 0.717) is 18.8 Å². The maximum absolute atomic E-state index is 12.7. The molecule has 0 saturated carbocycles. The molecule has 0 aliphatic carbocycles. The summed E-state index contributed by atoms with van der Waals surface area (Å²) >= 11 is 0. The number of carbonyl (C=O) groups excluding carboxylic acids is 1. The lowest BCUT2D eigenvalue weighted by Gasteiger charge is -2.32. The molecule has 3 rings (SSSR count). The summed E-state index contributed by atoms with van der Waals surface area (Å²) in [6.07, 6.45) is 0.468. The minimum absolute atomic E-state index is 0.0849. The summed E-state index contributed by atoms with van der Waals surface area (Å²) in [5.74, 6) is -0.246. The van der Waals surface area contributed by atoms with Crippen molar-refractivity contribution in [2.75, 3.05) is 13.1 Å². The Morgan fingerprint density at radius 3 is 2.88 bits per heavy atom. The van der Waals surface area contributed by atoms with Crippen molar-refractivity contribution < 1.29 is 18.0 Å². The lowest BCUT2D eigenvalue weighted by Crippen LogP contribution is -2.41. The van der Waals surface area contributed by atoms with Gasteiger partial charge in [-0.05, 0) is 31.4 Å². The molecule has 2 aromatic heterocycles. The Morgan fingerprint density at radius 1 is 1.46 bits per heavy atom. The summed E-state index contributed by atoms with van der Waals surface area (Å²) < 4.78 is 39.6. The smallest absolute Gasteiger partial charge is 0.340 e. The van der Waals surface area contributed by atoms with Crippen molar-refractivity contribution in [3.05, 3.63) is 35.4 Å². The zero-order chi connectivity index (χ0) is 17.3. The van der Waals surface area contributed by atoms with Crippen LogP contribution in [0, 0.1) is 6.92 Å². The molecule has 1 unspecified atom stereocenters. The van der Waals surface area contributed by atoms with E-state index in [0.717, 1.165) is 24.5 Å². The van der Waals surface area contributed by atoms with Gasteiger partial charge in [-0.2, -0.15) is 23.4 Å². The minimum Gasteiger partial charge on any atom is -0.340 e. The van der Waals surface area contributed by atoms with Gasteiger partial charge < -0.3 is 4.90 Å². The molecule has 0 aromatic carbocycles. The van der Waals surface area contributed by atoms with Crippen molar-refractivity contribution in [2.24, 2.45) is 0 Å². The van der Waals surface area contributed by atoms with Gasteiger partial charge in [0.2, 0.25) is 5.91 Å². The first-order valence-electron chi connectivity index (χ1n) is 7.72. The molecule has 1 atom stereocenters. The number of alkyl halides is 3. The maximum atomic E-state index is 12.7. The van der Waals surface area contributed by atoms with Crippen molar-refractivity contribution in [3.8, 4) is 0 Å². The van der Waals surface area contributed by atoms with Crippen LogP contribution in [0.1, 0.15) is 35.7 Å². The van der Waals surface area contributed by atoms with E-state index in [1.54, 1.807) is 22.0 Å². The van der Waals surface area contributed by atoms with E-state index in [1.807, 2.05) is 6.92 Å². The van der Waals surface area contributed by atoms with Crippen molar-refractivity contribution in [1.82, 2.24) is 24.9 Å². The number of rotatable bonds is 3. The van der Waals surface area contributed by atoms with E-state index in [4.69, 9.17) is 0 Å². The molecule has 2 aromatic rings. The van der Waals surface area contributed by atoms with Crippen LogP contribution in [0.3, 0.4) is 0 Å². The number of piperidine rings is 1. The van der Waals surface area contributed by atoms with Crippen LogP contribution in [-0.2, 0) is 17.5 Å². The number of likely N-dealkylation sites (tertiary alicyclic amines) is 1. The molecular formula is C15H18F3N5O. The average molecular weight is 341 g/mol. The number of hydrogen-bond acceptors (Lipinski definition) is 3. The van der Waals surface area contributed by atoms with Crippen LogP contribution in [0.4, 0.5) is 13.2 Å². The second-order valence-corrected chi connectivity index (χ2v) is 6.10. The number of nitrogens with zero attached hydrogens (tertiary/aromatic N) is 4. The Morgan fingerprint density at radius 2 is 2.25 bits per heavy atom. The van der Waals surface area contributed by atoms with Gasteiger partial charge in [-0.3, -0.25) is 14.6 Å². The number of aryl methyl sites for hydroxylation is 1. The van der Waals surface area contributed by atoms with Gasteiger partial charge >= 0.3 is 6.18 Å². The Kier molecular flexibility index (Phi) is 4.33. The number of H-pyrrole nitrogens is 1. The van der Waals surface area contributed by atoms with Crippen molar-refractivity contribution in [2.45, 2.75) is 38.4 Å². The number of halogens is 3. The van der Waals surface area contributed by atoms with Crippen molar-refractivity contribution >= 4 is 5.91 Å². The van der Waals surface area contributed by atoms with Gasteiger partial charge in [0.15, 0.2) is 5.69 Å². The van der Waals surface area contributed by atoms with E-state index >= 15 is 0 Å². The van der Waals surface area contributed by atoms with Crippen LogP contribution in [0.25, 0.3) is 0 Å². The zero-order valence-corrected chi connectivity index (χ0v) is 13.2. The summed E-state index contributed by atoms with van der Waals surface area (Å²) in [5, 5.41) is 9.89. The molecule has 1 N–H and O–H groups in total. The normalized spacial score (nSPS) is 18.8. The zero-order valence-electron chi connectivity index (χ0n) is 13.2. The Labute approximate surface area is 136 Å². The average Bonchev–Trinajstić information content (AvgIpc) is 3.16. The predicted molar refractivity (Wildman–Crippen MR) is 79.1 cm³/mol. The molecule has 0 radical (unpaired) electrons. The SMILES string of the molecule is Cc1cnn(CC(=O)N2CCCC(c3cc(C(F)(F)F)n[nH]3)C2)c1. The second kappa shape index (κ2) is 6.29. The number of aromatic nitrogens is 4. The molecule has 1 aliphatic rings. The fourth-order valence-corrected chi connectivity index (χ4v) is 2.94. The monoisotopic (exact) mass is 341 g/mol. The number of aromatic amines is 1. The maximum Gasteiger partial charge on any atom is 0.435 e. The lowest BCUT2D eigenvalue weighted by atomic mass is 9.94. The van der Waals surface area contributed by atoms with Gasteiger partial charge in [-0.25, -0.2) is 0 Å². The van der Waals surface area contributed by atoms with Crippen LogP contribution >= 0.6 is 0 Å². The molecule has 24 heavy (non-hydrogen) atoms. The molecule has 0 bridgehead atoms. The molecule has 130 valence electrons. The van der Waals surface area contributed by atoms with E-state index < -0.39 is 11.9 Å². The molecule has 1 aliphatic heterocycles. The Balaban J connectivity index is 1.65.